The summed E-state index contributed by atoms with van der Waals surface area (Å²) in [5, 5.41) is 0. The lowest BCUT2D eigenvalue weighted by atomic mass is 9.81. The van der Waals surface area contributed by atoms with Gasteiger partial charge in [-0.1, -0.05) is 0 Å². The van der Waals surface area contributed by atoms with E-state index in [-0.39, 0.29) is 18.1 Å². The number of rotatable bonds is 3. The third kappa shape index (κ3) is 1.47. The van der Waals surface area contributed by atoms with Crippen molar-refractivity contribution in [3.05, 3.63) is 0 Å². The van der Waals surface area contributed by atoms with Gasteiger partial charge in [-0.15, -0.1) is 0 Å². The highest BCUT2D eigenvalue weighted by Gasteiger charge is 2.47. The molecule has 3 heteroatoms. The summed E-state index contributed by atoms with van der Waals surface area (Å²) in [5.74, 6) is 1.23. The zero-order valence-corrected chi connectivity index (χ0v) is 7.79. The molecule has 3 rings (SSSR count). The first-order chi connectivity index (χ1) is 6.20. The first-order valence-electron chi connectivity index (χ1n) is 4.80. The van der Waals surface area contributed by atoms with Crippen LogP contribution in [0.3, 0.4) is 0 Å². The van der Waals surface area contributed by atoms with Crippen molar-refractivity contribution in [3.63, 3.8) is 0 Å². The molecular weight excluding hydrogens is 168 g/mol. The molecule has 0 aromatic rings. The zero-order valence-electron chi connectivity index (χ0n) is 7.79. The summed E-state index contributed by atoms with van der Waals surface area (Å²) in [6, 6.07) is 0. The van der Waals surface area contributed by atoms with Crippen LogP contribution in [0.1, 0.15) is 25.7 Å². The summed E-state index contributed by atoms with van der Waals surface area (Å²) >= 11 is 0. The topological polar surface area (TPSA) is 43.4 Å². The maximum atomic E-state index is 11.6. The fraction of sp³-hybridized carbons (Fsp3) is 0.800. The van der Waals surface area contributed by atoms with E-state index in [1.165, 1.54) is 20.0 Å². The number of fused-ring (bicyclic) bond motifs is 1. The van der Waals surface area contributed by atoms with Crippen LogP contribution in [0.15, 0.2) is 0 Å². The van der Waals surface area contributed by atoms with E-state index in [0.717, 1.165) is 12.3 Å². The highest BCUT2D eigenvalue weighted by atomic mass is 16.5. The number of hydrogen-bond donors (Lipinski definition) is 0. The van der Waals surface area contributed by atoms with Crippen molar-refractivity contribution in [2.24, 2.45) is 17.8 Å². The Kier molecular flexibility index (Phi) is 2.10. The lowest BCUT2D eigenvalue weighted by Crippen LogP contribution is -2.22. The molecule has 0 heterocycles. The molecule has 1 atom stereocenters. The summed E-state index contributed by atoms with van der Waals surface area (Å²) in [5.41, 5.74) is 0. The molecule has 0 aliphatic heterocycles. The van der Waals surface area contributed by atoms with Crippen LogP contribution in [-0.2, 0) is 14.3 Å². The Morgan fingerprint density at radius 3 is 2.46 bits per heavy atom. The van der Waals surface area contributed by atoms with Crippen molar-refractivity contribution in [1.82, 2.24) is 0 Å². The van der Waals surface area contributed by atoms with Gasteiger partial charge in [0.2, 0.25) is 0 Å². The number of Topliss-reactive ketones (excluding diaryl/α,β-unsaturated/α-hetero) is 1. The van der Waals surface area contributed by atoms with Gasteiger partial charge in [0.15, 0.2) is 0 Å². The number of ether oxygens (including phenoxy) is 1. The van der Waals surface area contributed by atoms with Gasteiger partial charge < -0.3 is 4.74 Å². The smallest absolute Gasteiger partial charge is 0.313 e. The van der Waals surface area contributed by atoms with Gasteiger partial charge in [0.25, 0.3) is 0 Å². The average molecular weight is 182 g/mol. The van der Waals surface area contributed by atoms with E-state index in [4.69, 9.17) is 0 Å². The molecule has 13 heavy (non-hydrogen) atoms. The molecule has 3 aliphatic carbocycles. The minimum absolute atomic E-state index is 0.0234. The molecule has 0 radical (unpaired) electrons. The van der Waals surface area contributed by atoms with Gasteiger partial charge in [-0.05, 0) is 31.1 Å². The van der Waals surface area contributed by atoms with Crippen LogP contribution in [0, 0.1) is 17.8 Å². The van der Waals surface area contributed by atoms with Crippen molar-refractivity contribution in [1.29, 1.82) is 0 Å². The Balaban J connectivity index is 1.87. The minimum atomic E-state index is -0.394. The predicted molar refractivity (Wildman–Crippen MR) is 46.0 cm³/mol. The Hall–Kier alpha value is -0.860. The van der Waals surface area contributed by atoms with E-state index in [2.05, 4.69) is 4.74 Å². The molecule has 0 saturated heterocycles. The highest BCUT2D eigenvalue weighted by molar-refractivity contribution is 5.97. The van der Waals surface area contributed by atoms with E-state index >= 15 is 0 Å². The van der Waals surface area contributed by atoms with Crippen molar-refractivity contribution < 1.29 is 14.3 Å². The molecule has 0 aromatic carbocycles. The molecule has 1 unspecified atom stereocenters. The van der Waals surface area contributed by atoms with Gasteiger partial charge in [0, 0.05) is 5.92 Å². The third-order valence-corrected chi connectivity index (χ3v) is 3.39. The largest absolute Gasteiger partial charge is 0.469 e. The van der Waals surface area contributed by atoms with Gasteiger partial charge in [-0.2, -0.15) is 0 Å². The lowest BCUT2D eigenvalue weighted by molar-refractivity contribution is -0.144. The van der Waals surface area contributed by atoms with E-state index in [1.54, 1.807) is 0 Å². The second kappa shape index (κ2) is 3.13. The van der Waals surface area contributed by atoms with Gasteiger partial charge >= 0.3 is 5.97 Å². The van der Waals surface area contributed by atoms with Gasteiger partial charge in [-0.3, -0.25) is 9.59 Å². The predicted octanol–water partition coefficient (Wildman–Crippen LogP) is 1.16. The number of methoxy groups -OCH3 is 1. The van der Waals surface area contributed by atoms with Gasteiger partial charge in [-0.25, -0.2) is 0 Å². The van der Waals surface area contributed by atoms with Crippen molar-refractivity contribution in [2.45, 2.75) is 25.7 Å². The summed E-state index contributed by atoms with van der Waals surface area (Å²) < 4.78 is 4.47. The maximum Gasteiger partial charge on any atom is 0.313 e. The van der Waals surface area contributed by atoms with Gasteiger partial charge in [0.05, 0.1) is 7.11 Å². The van der Waals surface area contributed by atoms with Crippen LogP contribution in [0.2, 0.25) is 0 Å². The molecule has 72 valence electrons. The normalized spacial score (nSPS) is 35.3. The number of ketones is 1. The van der Waals surface area contributed by atoms with Gasteiger partial charge in [0.1, 0.15) is 12.2 Å². The zero-order chi connectivity index (χ0) is 9.42. The summed E-state index contributed by atoms with van der Waals surface area (Å²) in [6.07, 6.45) is 3.40. The second-order valence-corrected chi connectivity index (χ2v) is 4.16. The first kappa shape index (κ1) is 8.73. The molecule has 3 saturated carbocycles. The molecule has 0 amide bonds. The maximum absolute atomic E-state index is 11.6. The summed E-state index contributed by atoms with van der Waals surface area (Å²) in [7, 11) is 1.32. The molecule has 3 aliphatic rings. The van der Waals surface area contributed by atoms with E-state index in [1.807, 2.05) is 0 Å². The van der Waals surface area contributed by atoms with Crippen LogP contribution in [0.25, 0.3) is 0 Å². The average Bonchev–Trinajstić information content (AvgIpc) is 2.59. The van der Waals surface area contributed by atoms with Crippen LogP contribution in [0.4, 0.5) is 0 Å². The SMILES string of the molecule is COC(=O)CC(=O)C1CC2CC1C2. The Morgan fingerprint density at radius 2 is 2.00 bits per heavy atom. The first-order valence-corrected chi connectivity index (χ1v) is 4.80. The molecular formula is C10H14O3. The standard InChI is InChI=1S/C10H14O3/c1-13-10(12)5-9(11)8-4-6-2-7(8)3-6/h6-8H,2-5H2,1H3. The summed E-state index contributed by atoms with van der Waals surface area (Å²) in [4.78, 5) is 22.4. The quantitative estimate of drug-likeness (QED) is 0.486. The lowest BCUT2D eigenvalue weighted by Gasteiger charge is -2.23. The van der Waals surface area contributed by atoms with Crippen molar-refractivity contribution in [3.8, 4) is 0 Å². The fourth-order valence-electron chi connectivity index (χ4n) is 2.60. The molecule has 0 N–H and O–H groups in total. The number of hydrogen-bond acceptors (Lipinski definition) is 3. The Morgan fingerprint density at radius 1 is 1.31 bits per heavy atom. The van der Waals surface area contributed by atoms with Crippen molar-refractivity contribution >= 4 is 11.8 Å². The highest BCUT2D eigenvalue weighted by Crippen LogP contribution is 2.52. The monoisotopic (exact) mass is 182 g/mol. The molecule has 3 fully saturated rings. The second-order valence-electron chi connectivity index (χ2n) is 4.16. The van der Waals surface area contributed by atoms with E-state index in [0.29, 0.717) is 5.92 Å². The Bertz CT molecular complexity index is 241. The van der Waals surface area contributed by atoms with E-state index < -0.39 is 5.97 Å². The molecule has 3 nitrogen and oxygen atoms in total. The molecule has 2 bridgehead atoms. The summed E-state index contributed by atoms with van der Waals surface area (Å²) in [6.45, 7) is 0. The molecule has 0 spiro atoms. The van der Waals surface area contributed by atoms with Crippen LogP contribution < -0.4 is 0 Å². The number of carbonyl (C=O) groups excluding carboxylic acids is 2. The minimum Gasteiger partial charge on any atom is -0.469 e. The fourth-order valence-corrected chi connectivity index (χ4v) is 2.60. The molecule has 0 aromatic heterocycles. The number of esters is 1. The van der Waals surface area contributed by atoms with Crippen LogP contribution >= 0.6 is 0 Å². The van der Waals surface area contributed by atoms with Crippen LogP contribution in [0.5, 0.6) is 0 Å². The van der Waals surface area contributed by atoms with E-state index in [9.17, 15) is 9.59 Å². The third-order valence-electron chi connectivity index (χ3n) is 3.39. The Labute approximate surface area is 77.4 Å². The van der Waals surface area contributed by atoms with Crippen molar-refractivity contribution in [2.75, 3.05) is 7.11 Å². The number of carbonyl (C=O) groups is 2. The van der Waals surface area contributed by atoms with Crippen LogP contribution in [-0.4, -0.2) is 18.9 Å².